The summed E-state index contributed by atoms with van der Waals surface area (Å²) in [6.45, 7) is 10.3. The first-order valence-electron chi connectivity index (χ1n) is 9.55. The number of hydrogen-bond acceptors (Lipinski definition) is 6. The van der Waals surface area contributed by atoms with Gasteiger partial charge in [-0.25, -0.2) is 14.4 Å². The predicted octanol–water partition coefficient (Wildman–Crippen LogP) is 2.81. The lowest BCUT2D eigenvalue weighted by atomic mass is 10.0. The van der Waals surface area contributed by atoms with Crippen molar-refractivity contribution >= 4 is 23.9 Å². The second kappa shape index (κ2) is 10.6. The van der Waals surface area contributed by atoms with Crippen molar-refractivity contribution in [1.82, 2.24) is 10.6 Å². The summed E-state index contributed by atoms with van der Waals surface area (Å²) < 4.78 is 10.1. The average Bonchev–Trinajstić information content (AvgIpc) is 2.62. The molecule has 0 bridgehead atoms. The molecule has 0 aliphatic rings. The minimum atomic E-state index is -1.03. The van der Waals surface area contributed by atoms with Gasteiger partial charge in [-0.3, -0.25) is 4.79 Å². The van der Waals surface area contributed by atoms with E-state index in [1.807, 2.05) is 0 Å². The van der Waals surface area contributed by atoms with Crippen LogP contribution in [-0.2, 0) is 19.1 Å². The van der Waals surface area contributed by atoms with Crippen LogP contribution >= 0.6 is 0 Å². The van der Waals surface area contributed by atoms with Gasteiger partial charge in [-0.1, -0.05) is 39.0 Å². The maximum Gasteiger partial charge on any atom is 0.408 e. The molecule has 160 valence electrons. The molecule has 0 aromatic heterocycles. The Hall–Kier alpha value is -2.90. The highest BCUT2D eigenvalue weighted by molar-refractivity contribution is 5.99. The molecule has 0 heterocycles. The summed E-state index contributed by atoms with van der Waals surface area (Å²) in [4.78, 5) is 49.0. The third-order valence-electron chi connectivity index (χ3n) is 3.83. The highest BCUT2D eigenvalue weighted by Crippen LogP contribution is 2.10. The van der Waals surface area contributed by atoms with E-state index in [-0.39, 0.29) is 17.9 Å². The Morgan fingerprint density at radius 2 is 1.59 bits per heavy atom. The van der Waals surface area contributed by atoms with Gasteiger partial charge in [-0.15, -0.1) is 0 Å². The molecule has 0 unspecified atom stereocenters. The van der Waals surface area contributed by atoms with Crippen molar-refractivity contribution in [3.63, 3.8) is 0 Å². The van der Waals surface area contributed by atoms with Gasteiger partial charge < -0.3 is 20.1 Å². The van der Waals surface area contributed by atoms with Gasteiger partial charge in [-0.05, 0) is 45.2 Å². The van der Waals surface area contributed by atoms with E-state index in [2.05, 4.69) is 10.6 Å². The summed E-state index contributed by atoms with van der Waals surface area (Å²) in [7, 11) is 0. The SMILES string of the molecule is CC[C@H](NC(=O)[C@H](NC(=O)OC(C)(C)C)C(C)C)C(=O)OC(=O)c1ccccc1. The lowest BCUT2D eigenvalue weighted by molar-refractivity contribution is -0.143. The molecule has 0 fully saturated rings. The van der Waals surface area contributed by atoms with Crippen molar-refractivity contribution in [1.29, 1.82) is 0 Å². The minimum Gasteiger partial charge on any atom is -0.444 e. The third-order valence-corrected chi connectivity index (χ3v) is 3.83. The first kappa shape index (κ1) is 24.1. The van der Waals surface area contributed by atoms with Gasteiger partial charge in [0, 0.05) is 0 Å². The van der Waals surface area contributed by atoms with Gasteiger partial charge in [-0.2, -0.15) is 0 Å². The van der Waals surface area contributed by atoms with Crippen LogP contribution in [0.3, 0.4) is 0 Å². The summed E-state index contributed by atoms with van der Waals surface area (Å²) in [5.41, 5.74) is -0.482. The lowest BCUT2D eigenvalue weighted by Gasteiger charge is -2.26. The van der Waals surface area contributed by atoms with Gasteiger partial charge >= 0.3 is 18.0 Å². The van der Waals surface area contributed by atoms with Gasteiger partial charge in [0.1, 0.15) is 17.7 Å². The normalized spacial score (nSPS) is 13.2. The summed E-state index contributed by atoms with van der Waals surface area (Å²) in [5.74, 6) is -2.49. The Kier molecular flexibility index (Phi) is 8.82. The number of benzene rings is 1. The molecule has 0 aliphatic heterocycles. The summed E-state index contributed by atoms with van der Waals surface area (Å²) in [6, 6.07) is 6.13. The fourth-order valence-corrected chi connectivity index (χ4v) is 2.35. The van der Waals surface area contributed by atoms with Crippen LogP contribution in [-0.4, -0.2) is 41.6 Å². The van der Waals surface area contributed by atoms with Gasteiger partial charge in [0.05, 0.1) is 5.56 Å². The Morgan fingerprint density at radius 3 is 2.07 bits per heavy atom. The van der Waals surface area contributed by atoms with Crippen LogP contribution in [0.5, 0.6) is 0 Å². The van der Waals surface area contributed by atoms with Crippen molar-refractivity contribution in [3.05, 3.63) is 35.9 Å². The van der Waals surface area contributed by atoms with Crippen LogP contribution in [0.4, 0.5) is 4.79 Å². The van der Waals surface area contributed by atoms with Gasteiger partial charge in [0.2, 0.25) is 5.91 Å². The van der Waals surface area contributed by atoms with Crippen LogP contribution in [0.15, 0.2) is 30.3 Å². The molecule has 8 nitrogen and oxygen atoms in total. The van der Waals surface area contributed by atoms with Crippen molar-refractivity contribution < 1.29 is 28.7 Å². The molecule has 8 heteroatoms. The van der Waals surface area contributed by atoms with E-state index < -0.39 is 41.6 Å². The molecule has 0 saturated heterocycles. The van der Waals surface area contributed by atoms with Crippen LogP contribution in [0.25, 0.3) is 0 Å². The van der Waals surface area contributed by atoms with E-state index in [0.29, 0.717) is 0 Å². The second-order valence-electron chi connectivity index (χ2n) is 7.91. The molecule has 1 aromatic carbocycles. The molecule has 2 amide bonds. The van der Waals surface area contributed by atoms with Crippen molar-refractivity contribution in [2.75, 3.05) is 0 Å². The molecule has 0 saturated carbocycles. The smallest absolute Gasteiger partial charge is 0.408 e. The summed E-state index contributed by atoms with van der Waals surface area (Å²) in [6.07, 6.45) is -0.523. The molecule has 0 aliphatic carbocycles. The number of carbonyl (C=O) groups is 4. The van der Waals surface area contributed by atoms with Crippen molar-refractivity contribution in [2.45, 2.75) is 65.6 Å². The maximum absolute atomic E-state index is 12.6. The van der Waals surface area contributed by atoms with E-state index in [1.165, 1.54) is 12.1 Å². The van der Waals surface area contributed by atoms with E-state index in [4.69, 9.17) is 9.47 Å². The topological polar surface area (TPSA) is 111 Å². The highest BCUT2D eigenvalue weighted by Gasteiger charge is 2.31. The minimum absolute atomic E-state index is 0.212. The zero-order chi connectivity index (χ0) is 22.2. The standard InChI is InChI=1S/C21H30N2O6/c1-7-15(19(26)28-18(25)14-11-9-8-10-12-14)22-17(24)16(13(2)3)23-20(27)29-21(4,5)6/h8-13,15-16H,7H2,1-6H3,(H,22,24)(H,23,27)/t15-,16+/m0/s1. The van der Waals surface area contributed by atoms with Crippen LogP contribution in [0, 0.1) is 5.92 Å². The second-order valence-corrected chi connectivity index (χ2v) is 7.91. The van der Waals surface area contributed by atoms with Crippen molar-refractivity contribution in [2.24, 2.45) is 5.92 Å². The van der Waals surface area contributed by atoms with Gasteiger partial charge in [0.15, 0.2) is 0 Å². The predicted molar refractivity (Wildman–Crippen MR) is 107 cm³/mol. The number of esters is 2. The Balaban J connectivity index is 2.76. The molecular formula is C21H30N2O6. The van der Waals surface area contributed by atoms with E-state index in [9.17, 15) is 19.2 Å². The molecule has 2 atom stereocenters. The number of alkyl carbamates (subject to hydrolysis) is 1. The number of amides is 2. The Labute approximate surface area is 171 Å². The number of nitrogens with one attached hydrogen (secondary N) is 2. The first-order chi connectivity index (χ1) is 13.4. The van der Waals surface area contributed by atoms with Crippen LogP contribution in [0.2, 0.25) is 0 Å². The maximum atomic E-state index is 12.6. The largest absolute Gasteiger partial charge is 0.444 e. The number of hydrogen-bond donors (Lipinski definition) is 2. The quantitative estimate of drug-likeness (QED) is 0.532. The molecular weight excluding hydrogens is 376 g/mol. The molecule has 29 heavy (non-hydrogen) atoms. The molecule has 0 radical (unpaired) electrons. The first-order valence-corrected chi connectivity index (χ1v) is 9.55. The third kappa shape index (κ3) is 8.33. The van der Waals surface area contributed by atoms with E-state index in [0.717, 1.165) is 0 Å². The number of rotatable bonds is 7. The highest BCUT2D eigenvalue weighted by atomic mass is 16.6. The Morgan fingerprint density at radius 1 is 1.00 bits per heavy atom. The molecule has 1 rings (SSSR count). The van der Waals surface area contributed by atoms with E-state index >= 15 is 0 Å². The van der Waals surface area contributed by atoms with Crippen LogP contribution < -0.4 is 10.6 Å². The fourth-order valence-electron chi connectivity index (χ4n) is 2.35. The zero-order valence-corrected chi connectivity index (χ0v) is 17.8. The monoisotopic (exact) mass is 406 g/mol. The average molecular weight is 406 g/mol. The summed E-state index contributed by atoms with van der Waals surface area (Å²) >= 11 is 0. The fraction of sp³-hybridized carbons (Fsp3) is 0.524. The van der Waals surface area contributed by atoms with E-state index in [1.54, 1.807) is 59.7 Å². The zero-order valence-electron chi connectivity index (χ0n) is 17.8. The number of ether oxygens (including phenoxy) is 2. The Bertz CT molecular complexity index is 724. The number of carbonyl (C=O) groups excluding carboxylic acids is 4. The summed E-state index contributed by atoms with van der Waals surface area (Å²) in [5, 5.41) is 5.05. The molecule has 2 N–H and O–H groups in total. The lowest BCUT2D eigenvalue weighted by Crippen LogP contribution is -2.54. The van der Waals surface area contributed by atoms with Gasteiger partial charge in [0.25, 0.3) is 0 Å². The van der Waals surface area contributed by atoms with Crippen molar-refractivity contribution in [3.8, 4) is 0 Å². The molecule has 0 spiro atoms. The van der Waals surface area contributed by atoms with Crippen LogP contribution in [0.1, 0.15) is 58.3 Å². The molecule has 1 aromatic rings.